The van der Waals surface area contributed by atoms with Gasteiger partial charge < -0.3 is 5.11 Å². The molecule has 0 spiro atoms. The summed E-state index contributed by atoms with van der Waals surface area (Å²) < 4.78 is 0. The molecule has 0 bridgehead atoms. The standard InChI is InChI=1S/C19H34O2S/c1-2-3-4-5-6-7-10-17-11-8-12-18(17)14-16-22-15-9-13-19(20)21/h7,10,17-18H,2-6,8-9,11-16H2,1H3,(H,20,21)/t17-,18+/m0/s1. The number of thioether (sulfide) groups is 1. The van der Waals surface area contributed by atoms with Crippen LogP contribution in [0.3, 0.4) is 0 Å². The van der Waals surface area contributed by atoms with Gasteiger partial charge in [-0.25, -0.2) is 0 Å². The molecular weight excluding hydrogens is 292 g/mol. The third kappa shape index (κ3) is 9.55. The van der Waals surface area contributed by atoms with Gasteiger partial charge in [0.1, 0.15) is 0 Å². The van der Waals surface area contributed by atoms with Crippen molar-refractivity contribution in [3.05, 3.63) is 12.2 Å². The van der Waals surface area contributed by atoms with E-state index in [0.29, 0.717) is 6.42 Å². The SMILES string of the molecule is CCCCCCC=C[C@H]1CCC[C@@H]1CCSCCCC(=O)O. The molecule has 0 aliphatic heterocycles. The van der Waals surface area contributed by atoms with E-state index < -0.39 is 5.97 Å². The summed E-state index contributed by atoms with van der Waals surface area (Å²) in [5, 5.41) is 8.61. The lowest BCUT2D eigenvalue weighted by molar-refractivity contribution is -0.137. The van der Waals surface area contributed by atoms with Gasteiger partial charge in [-0.05, 0) is 61.9 Å². The maximum atomic E-state index is 10.5. The molecule has 1 saturated carbocycles. The van der Waals surface area contributed by atoms with Crippen LogP contribution in [0.2, 0.25) is 0 Å². The average Bonchev–Trinajstić information content (AvgIpc) is 2.93. The zero-order chi connectivity index (χ0) is 16.0. The first-order chi connectivity index (χ1) is 10.7. The zero-order valence-electron chi connectivity index (χ0n) is 14.3. The predicted molar refractivity (Wildman–Crippen MR) is 97.5 cm³/mol. The maximum Gasteiger partial charge on any atom is 0.303 e. The third-order valence-corrected chi connectivity index (χ3v) is 5.74. The molecule has 0 unspecified atom stereocenters. The molecule has 0 radical (unpaired) electrons. The lowest BCUT2D eigenvalue weighted by Gasteiger charge is -2.16. The van der Waals surface area contributed by atoms with E-state index in [1.807, 2.05) is 11.8 Å². The van der Waals surface area contributed by atoms with Gasteiger partial charge in [0.25, 0.3) is 0 Å². The summed E-state index contributed by atoms with van der Waals surface area (Å²) in [6, 6.07) is 0. The summed E-state index contributed by atoms with van der Waals surface area (Å²) in [5.41, 5.74) is 0. The molecule has 0 saturated heterocycles. The van der Waals surface area contributed by atoms with E-state index in [9.17, 15) is 4.79 Å². The van der Waals surface area contributed by atoms with Crippen molar-refractivity contribution < 1.29 is 9.90 Å². The molecule has 128 valence electrons. The molecule has 3 heteroatoms. The molecule has 0 aromatic rings. The van der Waals surface area contributed by atoms with Crippen LogP contribution < -0.4 is 0 Å². The van der Waals surface area contributed by atoms with Crippen LogP contribution in [0.25, 0.3) is 0 Å². The molecule has 1 aliphatic carbocycles. The monoisotopic (exact) mass is 326 g/mol. The highest BCUT2D eigenvalue weighted by Crippen LogP contribution is 2.36. The Bertz CT molecular complexity index is 315. The van der Waals surface area contributed by atoms with Crippen LogP contribution in [0, 0.1) is 11.8 Å². The van der Waals surface area contributed by atoms with Crippen molar-refractivity contribution in [3.63, 3.8) is 0 Å². The Labute approximate surface area is 141 Å². The number of carboxylic acids is 1. The van der Waals surface area contributed by atoms with Crippen LogP contribution in [-0.2, 0) is 4.79 Å². The van der Waals surface area contributed by atoms with Crippen molar-refractivity contribution in [1.29, 1.82) is 0 Å². The lowest BCUT2D eigenvalue weighted by Crippen LogP contribution is -2.06. The Morgan fingerprint density at radius 1 is 1.18 bits per heavy atom. The highest BCUT2D eigenvalue weighted by molar-refractivity contribution is 7.99. The molecule has 1 rings (SSSR count). The van der Waals surface area contributed by atoms with Crippen molar-refractivity contribution in [1.82, 2.24) is 0 Å². The van der Waals surface area contributed by atoms with Crippen molar-refractivity contribution in [3.8, 4) is 0 Å². The average molecular weight is 327 g/mol. The smallest absolute Gasteiger partial charge is 0.303 e. The molecule has 1 N–H and O–H groups in total. The van der Waals surface area contributed by atoms with Gasteiger partial charge >= 0.3 is 5.97 Å². The van der Waals surface area contributed by atoms with Crippen molar-refractivity contribution in [2.45, 2.75) is 77.6 Å². The summed E-state index contributed by atoms with van der Waals surface area (Å²) in [6.07, 6.45) is 18.2. The number of carbonyl (C=O) groups is 1. The quantitative estimate of drug-likeness (QED) is 0.337. The number of carboxylic acid groups (broad SMARTS) is 1. The number of rotatable bonds is 13. The summed E-state index contributed by atoms with van der Waals surface area (Å²) in [7, 11) is 0. The first-order valence-electron chi connectivity index (χ1n) is 9.20. The fourth-order valence-electron chi connectivity index (χ4n) is 3.30. The van der Waals surface area contributed by atoms with E-state index in [2.05, 4.69) is 19.1 Å². The molecule has 0 heterocycles. The minimum absolute atomic E-state index is 0.319. The Morgan fingerprint density at radius 3 is 2.82 bits per heavy atom. The topological polar surface area (TPSA) is 37.3 Å². The molecule has 0 aromatic heterocycles. The Morgan fingerprint density at radius 2 is 2.05 bits per heavy atom. The fourth-order valence-corrected chi connectivity index (χ4v) is 4.32. The van der Waals surface area contributed by atoms with Gasteiger partial charge in [0, 0.05) is 6.42 Å². The second-order valence-electron chi connectivity index (χ2n) is 6.53. The Balaban J connectivity index is 2.07. The Kier molecular flexibility index (Phi) is 11.6. The van der Waals surface area contributed by atoms with Gasteiger partial charge in [-0.3, -0.25) is 4.79 Å². The number of unbranched alkanes of at least 4 members (excludes halogenated alkanes) is 4. The van der Waals surface area contributed by atoms with Crippen LogP contribution in [0.4, 0.5) is 0 Å². The summed E-state index contributed by atoms with van der Waals surface area (Å²) in [4.78, 5) is 10.5. The first-order valence-corrected chi connectivity index (χ1v) is 10.4. The molecule has 1 fully saturated rings. The minimum atomic E-state index is -0.666. The number of hydrogen-bond acceptors (Lipinski definition) is 2. The highest BCUT2D eigenvalue weighted by Gasteiger charge is 2.24. The van der Waals surface area contributed by atoms with Crippen LogP contribution in [0.1, 0.15) is 77.6 Å². The van der Waals surface area contributed by atoms with Gasteiger partial charge in [0.05, 0.1) is 0 Å². The van der Waals surface area contributed by atoms with Gasteiger partial charge in [0.2, 0.25) is 0 Å². The molecule has 0 amide bonds. The zero-order valence-corrected chi connectivity index (χ0v) is 15.1. The van der Waals surface area contributed by atoms with E-state index in [1.165, 1.54) is 63.5 Å². The summed E-state index contributed by atoms with van der Waals surface area (Å²) in [6.45, 7) is 2.26. The third-order valence-electron chi connectivity index (χ3n) is 4.64. The highest BCUT2D eigenvalue weighted by atomic mass is 32.2. The molecule has 0 aromatic carbocycles. The first kappa shape index (κ1) is 19.6. The normalized spacial score (nSPS) is 21.7. The van der Waals surface area contributed by atoms with Gasteiger partial charge in [-0.1, -0.05) is 44.8 Å². The minimum Gasteiger partial charge on any atom is -0.481 e. The molecule has 22 heavy (non-hydrogen) atoms. The van der Waals surface area contributed by atoms with Crippen LogP contribution in [0.15, 0.2) is 12.2 Å². The van der Waals surface area contributed by atoms with E-state index in [0.717, 1.165) is 24.0 Å². The van der Waals surface area contributed by atoms with Crippen molar-refractivity contribution in [2.75, 3.05) is 11.5 Å². The van der Waals surface area contributed by atoms with E-state index in [-0.39, 0.29) is 0 Å². The van der Waals surface area contributed by atoms with Crippen molar-refractivity contribution >= 4 is 17.7 Å². The number of hydrogen-bond donors (Lipinski definition) is 1. The molecule has 1 aliphatic rings. The Hall–Kier alpha value is -0.440. The second-order valence-corrected chi connectivity index (χ2v) is 7.76. The fraction of sp³-hybridized carbons (Fsp3) is 0.842. The van der Waals surface area contributed by atoms with Crippen molar-refractivity contribution in [2.24, 2.45) is 11.8 Å². The summed E-state index contributed by atoms with van der Waals surface area (Å²) in [5.74, 6) is 3.22. The van der Waals surface area contributed by atoms with Gasteiger partial charge in [0.15, 0.2) is 0 Å². The second kappa shape index (κ2) is 13.0. The lowest BCUT2D eigenvalue weighted by atomic mass is 9.93. The van der Waals surface area contributed by atoms with E-state index in [4.69, 9.17) is 5.11 Å². The van der Waals surface area contributed by atoms with E-state index >= 15 is 0 Å². The largest absolute Gasteiger partial charge is 0.481 e. The van der Waals surface area contributed by atoms with Gasteiger partial charge in [-0.2, -0.15) is 11.8 Å². The van der Waals surface area contributed by atoms with Crippen LogP contribution in [-0.4, -0.2) is 22.6 Å². The van der Waals surface area contributed by atoms with Crippen LogP contribution in [0.5, 0.6) is 0 Å². The van der Waals surface area contributed by atoms with Crippen LogP contribution >= 0.6 is 11.8 Å². The predicted octanol–water partition coefficient (Wildman–Crippen LogP) is 5.92. The number of allylic oxidation sites excluding steroid dienone is 2. The number of aliphatic carboxylic acids is 1. The molecular formula is C19H34O2S. The maximum absolute atomic E-state index is 10.5. The van der Waals surface area contributed by atoms with E-state index in [1.54, 1.807) is 0 Å². The van der Waals surface area contributed by atoms with Gasteiger partial charge in [-0.15, -0.1) is 0 Å². The molecule has 2 nitrogen and oxygen atoms in total. The molecule has 2 atom stereocenters. The summed E-state index contributed by atoms with van der Waals surface area (Å²) >= 11 is 1.93.